The van der Waals surface area contributed by atoms with E-state index < -0.39 is 0 Å². The maximum absolute atomic E-state index is 5.74. The zero-order valence-electron chi connectivity index (χ0n) is 8.22. The van der Waals surface area contributed by atoms with E-state index in [1.165, 1.54) is 0 Å². The lowest BCUT2D eigenvalue weighted by atomic mass is 10.1. The topological polar surface area (TPSA) is 56.5 Å². The molecule has 0 radical (unpaired) electrons. The van der Waals surface area contributed by atoms with E-state index in [9.17, 15) is 0 Å². The predicted molar refractivity (Wildman–Crippen MR) is 48.7 cm³/mol. The summed E-state index contributed by atoms with van der Waals surface area (Å²) in [5.74, 6) is 0. The van der Waals surface area contributed by atoms with Crippen LogP contribution in [0.3, 0.4) is 0 Å². The molecule has 0 heterocycles. The van der Waals surface area contributed by atoms with Crippen LogP contribution in [0.2, 0.25) is 0 Å². The van der Waals surface area contributed by atoms with Gasteiger partial charge in [0.25, 0.3) is 0 Å². The third-order valence-corrected chi connectivity index (χ3v) is 1.14. The van der Waals surface area contributed by atoms with Crippen molar-refractivity contribution in [3.05, 3.63) is 0 Å². The molecule has 0 spiro atoms. The molecule has 0 amide bonds. The van der Waals surface area contributed by atoms with Crippen molar-refractivity contribution < 1.29 is 9.78 Å². The second-order valence-electron chi connectivity index (χ2n) is 3.39. The molecule has 3 N–H and O–H groups in total. The highest BCUT2D eigenvalue weighted by atomic mass is 17.2. The third kappa shape index (κ3) is 9.84. The van der Waals surface area contributed by atoms with Gasteiger partial charge in [0.15, 0.2) is 0 Å². The Morgan fingerprint density at radius 1 is 1.33 bits per heavy atom. The van der Waals surface area contributed by atoms with Gasteiger partial charge in [0.2, 0.25) is 0 Å². The number of rotatable bonds is 7. The highest BCUT2D eigenvalue weighted by Crippen LogP contribution is 1.91. The van der Waals surface area contributed by atoms with Gasteiger partial charge in [-0.15, -0.1) is 0 Å². The fraction of sp³-hybridized carbons (Fsp3) is 1.00. The van der Waals surface area contributed by atoms with Gasteiger partial charge in [-0.25, -0.2) is 9.78 Å². The van der Waals surface area contributed by atoms with Gasteiger partial charge in [-0.3, -0.25) is 0 Å². The van der Waals surface area contributed by atoms with Gasteiger partial charge in [0.05, 0.1) is 13.2 Å². The molecule has 0 saturated carbocycles. The third-order valence-electron chi connectivity index (χ3n) is 1.14. The van der Waals surface area contributed by atoms with Crippen molar-refractivity contribution in [1.82, 2.24) is 5.32 Å². The Morgan fingerprint density at radius 3 is 2.50 bits per heavy atom. The summed E-state index contributed by atoms with van der Waals surface area (Å²) in [4.78, 5) is 9.49. The number of nitrogens with one attached hydrogen (secondary N) is 1. The smallest absolute Gasteiger partial charge is 0.0946 e. The minimum absolute atomic E-state index is 0.161. The summed E-state index contributed by atoms with van der Waals surface area (Å²) >= 11 is 0. The monoisotopic (exact) mass is 176 g/mol. The SMILES string of the molecule is CCOOCCNCC(C)(C)N. The van der Waals surface area contributed by atoms with E-state index in [1.54, 1.807) is 0 Å². The van der Waals surface area contributed by atoms with Crippen molar-refractivity contribution in [1.29, 1.82) is 0 Å². The quantitative estimate of drug-likeness (QED) is 0.332. The highest BCUT2D eigenvalue weighted by Gasteiger charge is 2.08. The Bertz CT molecular complexity index is 102. The van der Waals surface area contributed by atoms with E-state index in [2.05, 4.69) is 5.32 Å². The largest absolute Gasteiger partial charge is 0.324 e. The molecule has 0 aromatic carbocycles. The van der Waals surface area contributed by atoms with Gasteiger partial charge in [-0.05, 0) is 20.8 Å². The lowest BCUT2D eigenvalue weighted by Crippen LogP contribution is -2.43. The molecule has 4 nitrogen and oxygen atoms in total. The average Bonchev–Trinajstić information content (AvgIpc) is 1.94. The van der Waals surface area contributed by atoms with Gasteiger partial charge in [-0.2, -0.15) is 0 Å². The molecular formula is C8H20N2O2. The van der Waals surface area contributed by atoms with Crippen LogP contribution in [0, 0.1) is 0 Å². The zero-order valence-corrected chi connectivity index (χ0v) is 8.22. The van der Waals surface area contributed by atoms with Crippen molar-refractivity contribution in [3.63, 3.8) is 0 Å². The van der Waals surface area contributed by atoms with Crippen LogP contribution < -0.4 is 11.1 Å². The number of hydrogen-bond acceptors (Lipinski definition) is 4. The van der Waals surface area contributed by atoms with Crippen LogP contribution >= 0.6 is 0 Å². The lowest BCUT2D eigenvalue weighted by molar-refractivity contribution is -0.289. The molecule has 0 rings (SSSR count). The number of hydrogen-bond donors (Lipinski definition) is 2. The van der Waals surface area contributed by atoms with Crippen LogP contribution in [0.5, 0.6) is 0 Å². The Kier molecular flexibility index (Phi) is 6.28. The fourth-order valence-corrected chi connectivity index (χ4v) is 0.667. The van der Waals surface area contributed by atoms with Crippen molar-refractivity contribution >= 4 is 0 Å². The maximum Gasteiger partial charge on any atom is 0.0946 e. The first-order valence-corrected chi connectivity index (χ1v) is 4.30. The summed E-state index contributed by atoms with van der Waals surface area (Å²) in [6.07, 6.45) is 0. The second-order valence-corrected chi connectivity index (χ2v) is 3.39. The molecule has 0 aromatic heterocycles. The fourth-order valence-electron chi connectivity index (χ4n) is 0.667. The van der Waals surface area contributed by atoms with E-state index in [1.807, 2.05) is 20.8 Å². The van der Waals surface area contributed by atoms with E-state index >= 15 is 0 Å². The molecule has 0 bridgehead atoms. The molecule has 0 aliphatic carbocycles. The minimum atomic E-state index is -0.161. The Morgan fingerprint density at radius 2 is 2.00 bits per heavy atom. The van der Waals surface area contributed by atoms with Crippen LogP contribution in [0.4, 0.5) is 0 Å². The summed E-state index contributed by atoms with van der Waals surface area (Å²) in [5.41, 5.74) is 5.58. The zero-order chi connectivity index (χ0) is 9.45. The second kappa shape index (κ2) is 6.37. The summed E-state index contributed by atoms with van der Waals surface area (Å²) in [5, 5.41) is 3.15. The molecule has 0 saturated heterocycles. The molecule has 12 heavy (non-hydrogen) atoms. The Balaban J connectivity index is 3.01. The van der Waals surface area contributed by atoms with Crippen LogP contribution in [0.15, 0.2) is 0 Å². The minimum Gasteiger partial charge on any atom is -0.324 e. The summed E-state index contributed by atoms with van der Waals surface area (Å²) in [6.45, 7) is 8.53. The Labute approximate surface area is 74.3 Å². The van der Waals surface area contributed by atoms with Crippen molar-refractivity contribution in [2.75, 3.05) is 26.3 Å². The maximum atomic E-state index is 5.74. The van der Waals surface area contributed by atoms with Crippen molar-refractivity contribution in [2.24, 2.45) is 5.73 Å². The van der Waals surface area contributed by atoms with Gasteiger partial charge < -0.3 is 11.1 Å². The molecule has 0 aliphatic rings. The summed E-state index contributed by atoms with van der Waals surface area (Å²) in [7, 11) is 0. The van der Waals surface area contributed by atoms with E-state index in [-0.39, 0.29) is 5.54 Å². The van der Waals surface area contributed by atoms with E-state index in [0.29, 0.717) is 13.2 Å². The van der Waals surface area contributed by atoms with Crippen LogP contribution in [0.25, 0.3) is 0 Å². The summed E-state index contributed by atoms with van der Waals surface area (Å²) < 4.78 is 0. The first kappa shape index (κ1) is 11.8. The van der Waals surface area contributed by atoms with Gasteiger partial charge in [0, 0.05) is 18.6 Å². The predicted octanol–water partition coefficient (Wildman–Crippen LogP) is 0.281. The lowest BCUT2D eigenvalue weighted by Gasteiger charge is -2.18. The molecule has 0 aromatic rings. The molecule has 74 valence electrons. The summed E-state index contributed by atoms with van der Waals surface area (Å²) in [6, 6.07) is 0. The normalized spacial score (nSPS) is 12.0. The van der Waals surface area contributed by atoms with Crippen molar-refractivity contribution in [3.8, 4) is 0 Å². The number of nitrogens with two attached hydrogens (primary N) is 1. The first-order valence-electron chi connectivity index (χ1n) is 4.30. The van der Waals surface area contributed by atoms with Crippen molar-refractivity contribution in [2.45, 2.75) is 26.3 Å². The molecule has 0 unspecified atom stereocenters. The van der Waals surface area contributed by atoms with Crippen LogP contribution in [-0.2, 0) is 9.78 Å². The van der Waals surface area contributed by atoms with Gasteiger partial charge in [-0.1, -0.05) is 0 Å². The molecule has 4 heteroatoms. The molecular weight excluding hydrogens is 156 g/mol. The standard InChI is InChI=1S/C8H20N2O2/c1-4-11-12-6-5-10-7-8(2,3)9/h10H,4-7,9H2,1-3H3. The van der Waals surface area contributed by atoms with Crippen LogP contribution in [0.1, 0.15) is 20.8 Å². The first-order chi connectivity index (χ1) is 5.56. The highest BCUT2D eigenvalue weighted by molar-refractivity contribution is 4.73. The average molecular weight is 176 g/mol. The van der Waals surface area contributed by atoms with E-state index in [4.69, 9.17) is 15.5 Å². The molecule has 0 aliphatic heterocycles. The molecule has 0 fully saturated rings. The molecule has 0 atom stereocenters. The van der Waals surface area contributed by atoms with Crippen LogP contribution in [-0.4, -0.2) is 31.8 Å². The van der Waals surface area contributed by atoms with E-state index in [0.717, 1.165) is 13.1 Å². The van der Waals surface area contributed by atoms with Gasteiger partial charge >= 0.3 is 0 Å². The van der Waals surface area contributed by atoms with Gasteiger partial charge in [0.1, 0.15) is 0 Å². The Hall–Kier alpha value is -0.160.